The molecule has 7 heteroatoms. The quantitative estimate of drug-likeness (QED) is 0.758. The number of carboxylic acid groups (broad SMARTS) is 2. The molecule has 0 fully saturated rings. The highest BCUT2D eigenvalue weighted by molar-refractivity contribution is 5.93. The Morgan fingerprint density at radius 1 is 1.29 bits per heavy atom. The molecule has 21 heavy (non-hydrogen) atoms. The maximum Gasteiger partial charge on any atom is 0.335 e. The average molecular weight is 287 g/mol. The van der Waals surface area contributed by atoms with E-state index in [1.54, 1.807) is 6.07 Å². The number of rotatable bonds is 4. The number of aromatic nitrogens is 3. The number of hydrogen-bond acceptors (Lipinski definition) is 3. The molecule has 3 aromatic rings. The zero-order chi connectivity index (χ0) is 15.1. The SMILES string of the molecule is Cn1c(CCC(=O)O)cn2c3ccc(C(=O)O)cc3nc12. The zero-order valence-corrected chi connectivity index (χ0v) is 11.3. The van der Waals surface area contributed by atoms with Gasteiger partial charge in [-0.05, 0) is 24.6 Å². The molecule has 108 valence electrons. The Hall–Kier alpha value is -2.83. The second-order valence-corrected chi connectivity index (χ2v) is 4.86. The van der Waals surface area contributed by atoms with Gasteiger partial charge in [0.25, 0.3) is 0 Å². The number of nitrogens with zero attached hydrogens (tertiary/aromatic N) is 3. The van der Waals surface area contributed by atoms with Gasteiger partial charge in [-0.1, -0.05) is 0 Å². The van der Waals surface area contributed by atoms with Crippen molar-refractivity contribution >= 4 is 28.7 Å². The van der Waals surface area contributed by atoms with E-state index in [2.05, 4.69) is 4.98 Å². The summed E-state index contributed by atoms with van der Waals surface area (Å²) in [5.41, 5.74) is 2.46. The van der Waals surface area contributed by atoms with Crippen LogP contribution in [0, 0.1) is 0 Å². The van der Waals surface area contributed by atoms with E-state index in [0.717, 1.165) is 11.2 Å². The van der Waals surface area contributed by atoms with E-state index < -0.39 is 11.9 Å². The molecule has 0 saturated carbocycles. The molecule has 0 aliphatic rings. The highest BCUT2D eigenvalue weighted by atomic mass is 16.4. The minimum atomic E-state index is -0.990. The van der Waals surface area contributed by atoms with Crippen LogP contribution in [-0.2, 0) is 18.3 Å². The van der Waals surface area contributed by atoms with Crippen LogP contribution in [0.25, 0.3) is 16.8 Å². The minimum absolute atomic E-state index is 0.0576. The van der Waals surface area contributed by atoms with Gasteiger partial charge in [0.2, 0.25) is 5.78 Å². The number of aryl methyl sites for hydroxylation is 2. The molecule has 0 saturated heterocycles. The lowest BCUT2D eigenvalue weighted by molar-refractivity contribution is -0.136. The lowest BCUT2D eigenvalue weighted by Crippen LogP contribution is -2.02. The molecule has 0 aliphatic carbocycles. The van der Waals surface area contributed by atoms with Gasteiger partial charge in [-0.15, -0.1) is 0 Å². The predicted molar refractivity (Wildman–Crippen MR) is 74.6 cm³/mol. The number of aromatic carboxylic acids is 1. The third-order valence-corrected chi connectivity index (χ3v) is 3.52. The lowest BCUT2D eigenvalue weighted by Gasteiger charge is -1.99. The highest BCUT2D eigenvalue weighted by Gasteiger charge is 2.14. The molecule has 0 atom stereocenters. The summed E-state index contributed by atoms with van der Waals surface area (Å²) in [5, 5.41) is 17.8. The largest absolute Gasteiger partial charge is 0.481 e. The fourth-order valence-corrected chi connectivity index (χ4v) is 2.41. The molecule has 7 nitrogen and oxygen atoms in total. The number of aliphatic carboxylic acids is 1. The number of carboxylic acids is 2. The maximum atomic E-state index is 11.0. The predicted octanol–water partition coefficient (Wildman–Crippen LogP) is 1.54. The van der Waals surface area contributed by atoms with Gasteiger partial charge in [0.1, 0.15) is 0 Å². The Labute approximate surface area is 119 Å². The first kappa shape index (κ1) is 13.2. The third kappa shape index (κ3) is 2.12. The van der Waals surface area contributed by atoms with Crippen molar-refractivity contribution < 1.29 is 19.8 Å². The van der Waals surface area contributed by atoms with E-state index in [1.165, 1.54) is 12.1 Å². The minimum Gasteiger partial charge on any atom is -0.481 e. The van der Waals surface area contributed by atoms with E-state index in [1.807, 2.05) is 22.2 Å². The molecule has 0 bridgehead atoms. The fourth-order valence-electron chi connectivity index (χ4n) is 2.41. The van der Waals surface area contributed by atoms with Crippen molar-refractivity contribution in [2.45, 2.75) is 12.8 Å². The molecule has 0 unspecified atom stereocenters. The highest BCUT2D eigenvalue weighted by Crippen LogP contribution is 2.21. The van der Waals surface area contributed by atoms with Gasteiger partial charge in [0.05, 0.1) is 23.0 Å². The van der Waals surface area contributed by atoms with E-state index in [0.29, 0.717) is 17.7 Å². The topological polar surface area (TPSA) is 96.8 Å². The van der Waals surface area contributed by atoms with Crippen molar-refractivity contribution in [1.82, 2.24) is 14.0 Å². The second kappa shape index (κ2) is 4.62. The van der Waals surface area contributed by atoms with Crippen LogP contribution in [0.2, 0.25) is 0 Å². The lowest BCUT2D eigenvalue weighted by atomic mass is 10.2. The summed E-state index contributed by atoms with van der Waals surface area (Å²) >= 11 is 0. The van der Waals surface area contributed by atoms with Crippen molar-refractivity contribution in [2.75, 3.05) is 0 Å². The van der Waals surface area contributed by atoms with E-state index >= 15 is 0 Å². The number of benzene rings is 1. The summed E-state index contributed by atoms with van der Waals surface area (Å²) < 4.78 is 3.67. The number of hydrogen-bond donors (Lipinski definition) is 2. The molecule has 0 aliphatic heterocycles. The summed E-state index contributed by atoms with van der Waals surface area (Å²) in [6.07, 6.45) is 2.32. The van der Waals surface area contributed by atoms with E-state index in [4.69, 9.17) is 10.2 Å². The van der Waals surface area contributed by atoms with Gasteiger partial charge < -0.3 is 14.8 Å². The van der Waals surface area contributed by atoms with Crippen LogP contribution in [0.5, 0.6) is 0 Å². The van der Waals surface area contributed by atoms with Crippen LogP contribution in [0.4, 0.5) is 0 Å². The van der Waals surface area contributed by atoms with Crippen molar-refractivity contribution in [3.8, 4) is 0 Å². The molecule has 1 aromatic carbocycles. The summed E-state index contributed by atoms with van der Waals surface area (Å²) in [4.78, 5) is 26.1. The van der Waals surface area contributed by atoms with Gasteiger partial charge in [0, 0.05) is 18.9 Å². The number of imidazole rings is 2. The molecule has 3 rings (SSSR count). The fraction of sp³-hybridized carbons (Fsp3) is 0.214. The Balaban J connectivity index is 2.12. The van der Waals surface area contributed by atoms with Crippen molar-refractivity contribution in [3.05, 3.63) is 35.7 Å². The first-order valence-corrected chi connectivity index (χ1v) is 6.39. The molecular formula is C14H13N3O4. The van der Waals surface area contributed by atoms with E-state index in [-0.39, 0.29) is 12.0 Å². The Bertz CT molecular complexity index is 875. The normalized spacial score (nSPS) is 11.3. The van der Waals surface area contributed by atoms with Gasteiger partial charge >= 0.3 is 11.9 Å². The smallest absolute Gasteiger partial charge is 0.335 e. The van der Waals surface area contributed by atoms with Gasteiger partial charge in [-0.25, -0.2) is 9.78 Å². The molecule has 2 heterocycles. The van der Waals surface area contributed by atoms with Gasteiger partial charge in [0.15, 0.2) is 0 Å². The Morgan fingerprint density at radius 3 is 2.71 bits per heavy atom. The monoisotopic (exact) mass is 287 g/mol. The first-order valence-electron chi connectivity index (χ1n) is 6.39. The zero-order valence-electron chi connectivity index (χ0n) is 11.3. The molecule has 0 amide bonds. The average Bonchev–Trinajstić information content (AvgIpc) is 2.93. The molecular weight excluding hydrogens is 274 g/mol. The molecule has 2 N–H and O–H groups in total. The Kier molecular flexibility index (Phi) is 2.90. The summed E-state index contributed by atoms with van der Waals surface area (Å²) in [6.45, 7) is 0. The van der Waals surface area contributed by atoms with Crippen LogP contribution in [0.1, 0.15) is 22.5 Å². The van der Waals surface area contributed by atoms with Crippen molar-refractivity contribution in [3.63, 3.8) is 0 Å². The number of carbonyl (C=O) groups is 2. The summed E-state index contributed by atoms with van der Waals surface area (Å²) in [7, 11) is 1.82. The maximum absolute atomic E-state index is 11.0. The van der Waals surface area contributed by atoms with Crippen LogP contribution < -0.4 is 0 Å². The van der Waals surface area contributed by atoms with Crippen LogP contribution >= 0.6 is 0 Å². The molecule has 0 radical (unpaired) electrons. The third-order valence-electron chi connectivity index (χ3n) is 3.52. The number of fused-ring (bicyclic) bond motifs is 3. The van der Waals surface area contributed by atoms with Gasteiger partial charge in [-0.2, -0.15) is 0 Å². The van der Waals surface area contributed by atoms with Gasteiger partial charge in [-0.3, -0.25) is 9.20 Å². The van der Waals surface area contributed by atoms with Crippen molar-refractivity contribution in [2.24, 2.45) is 7.05 Å². The summed E-state index contributed by atoms with van der Waals surface area (Å²) in [6, 6.07) is 4.77. The van der Waals surface area contributed by atoms with Crippen LogP contribution in [-0.4, -0.2) is 36.1 Å². The Morgan fingerprint density at radius 2 is 2.05 bits per heavy atom. The standard InChI is InChI=1S/C14H13N3O4/c1-16-9(3-5-12(18)19)7-17-11-4-2-8(13(20)21)6-10(11)15-14(16)17/h2,4,6-7H,3,5H2,1H3,(H,18,19)(H,20,21). The van der Waals surface area contributed by atoms with Crippen LogP contribution in [0.3, 0.4) is 0 Å². The first-order chi connectivity index (χ1) is 9.97. The summed E-state index contributed by atoms with van der Waals surface area (Å²) in [5.74, 6) is -1.17. The second-order valence-electron chi connectivity index (χ2n) is 4.86. The van der Waals surface area contributed by atoms with Crippen LogP contribution in [0.15, 0.2) is 24.4 Å². The molecule has 2 aromatic heterocycles. The van der Waals surface area contributed by atoms with E-state index in [9.17, 15) is 9.59 Å². The van der Waals surface area contributed by atoms with Crippen molar-refractivity contribution in [1.29, 1.82) is 0 Å². The molecule has 0 spiro atoms.